The highest BCUT2D eigenvalue weighted by atomic mass is 35.5. The lowest BCUT2D eigenvalue weighted by atomic mass is 9.82. The zero-order chi connectivity index (χ0) is 40.9. The minimum absolute atomic E-state index is 0.00303. The van der Waals surface area contributed by atoms with Crippen LogP contribution in [0.4, 0.5) is 0 Å². The van der Waals surface area contributed by atoms with Gasteiger partial charge in [0.05, 0.1) is 24.6 Å². The van der Waals surface area contributed by atoms with Gasteiger partial charge in [0.25, 0.3) is 0 Å². The highest BCUT2D eigenvalue weighted by Crippen LogP contribution is 2.42. The van der Waals surface area contributed by atoms with Crippen molar-refractivity contribution in [2.45, 2.75) is 119 Å². The van der Waals surface area contributed by atoms with Crippen molar-refractivity contribution < 1.29 is 61.2 Å². The highest BCUT2D eigenvalue weighted by Gasteiger charge is 2.52. The third-order valence-electron chi connectivity index (χ3n) is 11.1. The van der Waals surface area contributed by atoms with Gasteiger partial charge in [0.1, 0.15) is 43.0 Å². The van der Waals surface area contributed by atoms with Gasteiger partial charge in [-0.1, -0.05) is 44.2 Å². The summed E-state index contributed by atoms with van der Waals surface area (Å²) in [5.41, 5.74) is 13.5. The lowest BCUT2D eigenvalue weighted by Gasteiger charge is -2.42. The number of hydrogen-bond acceptors (Lipinski definition) is 14. The lowest BCUT2D eigenvalue weighted by molar-refractivity contribution is -0.909. The van der Waals surface area contributed by atoms with E-state index in [9.17, 15) is 42.7 Å². The molecular weight excluding hydrogens is 776 g/mol. The van der Waals surface area contributed by atoms with Crippen molar-refractivity contribution >= 4 is 39.7 Å². The lowest BCUT2D eigenvalue weighted by Crippen LogP contribution is -3.18. The maximum Gasteiger partial charge on any atom is 0.249 e. The Morgan fingerprint density at radius 3 is 2.48 bits per heavy atom. The van der Waals surface area contributed by atoms with Crippen molar-refractivity contribution in [3.63, 3.8) is 0 Å². The smallest absolute Gasteiger partial charge is 0.249 e. The van der Waals surface area contributed by atoms with Crippen molar-refractivity contribution in [1.29, 1.82) is 0 Å². The number of benzene rings is 1. The quantitative estimate of drug-likeness (QED) is 0.0270. The summed E-state index contributed by atoms with van der Waals surface area (Å²) >= 11 is 6.87. The fourth-order valence-corrected chi connectivity index (χ4v) is 8.67. The number of fused-ring (bicyclic) bond motifs is 1. The molecule has 3 fully saturated rings. The van der Waals surface area contributed by atoms with Gasteiger partial charge in [0.2, 0.25) is 28.1 Å². The van der Waals surface area contributed by atoms with Crippen molar-refractivity contribution in [3.8, 4) is 0 Å². The number of aliphatic hydroxyl groups excluding tert-OH is 3. The zero-order valence-corrected chi connectivity index (χ0v) is 33.0. The Morgan fingerprint density at radius 2 is 1.84 bits per heavy atom. The summed E-state index contributed by atoms with van der Waals surface area (Å²) in [6.07, 6.45) is -5.31. The maximum atomic E-state index is 14.8. The summed E-state index contributed by atoms with van der Waals surface area (Å²) in [6, 6.07) is 6.05. The third kappa shape index (κ3) is 11.2. The number of aliphatic hydroxyl groups is 3. The van der Waals surface area contributed by atoms with Crippen LogP contribution in [0.2, 0.25) is 0 Å². The monoisotopic (exact) mass is 830 g/mol. The van der Waals surface area contributed by atoms with Crippen LogP contribution in [0.15, 0.2) is 42.0 Å². The van der Waals surface area contributed by atoms with Crippen molar-refractivity contribution in [1.82, 2.24) is 15.5 Å². The van der Waals surface area contributed by atoms with Gasteiger partial charge in [-0.3, -0.25) is 30.0 Å². The van der Waals surface area contributed by atoms with E-state index in [2.05, 4.69) is 14.8 Å². The molecule has 0 bridgehead atoms. The molecule has 3 heterocycles. The largest absolute Gasteiger partial charge is 0.726 e. The molecule has 1 aromatic rings. The van der Waals surface area contributed by atoms with Crippen LogP contribution in [-0.2, 0) is 44.9 Å². The number of carbonyl (C=O) groups excluding carboxylic acids is 3. The van der Waals surface area contributed by atoms with Crippen LogP contribution in [0.3, 0.4) is 0 Å². The van der Waals surface area contributed by atoms with Gasteiger partial charge in [0.15, 0.2) is 12.6 Å². The first-order valence-corrected chi connectivity index (χ1v) is 20.8. The first-order valence-electron chi connectivity index (χ1n) is 19.0. The van der Waals surface area contributed by atoms with Gasteiger partial charge in [-0.15, -0.1) is 11.6 Å². The van der Waals surface area contributed by atoms with E-state index in [-0.39, 0.29) is 30.6 Å². The van der Waals surface area contributed by atoms with Crippen LogP contribution in [0.5, 0.6) is 0 Å². The molecule has 1 unspecified atom stereocenters. The fourth-order valence-electron chi connectivity index (χ4n) is 8.03. The molecule has 2 saturated heterocycles. The first-order chi connectivity index (χ1) is 26.4. The summed E-state index contributed by atoms with van der Waals surface area (Å²) in [4.78, 5) is 44.7. The topological polar surface area (TPSA) is 281 Å². The second kappa shape index (κ2) is 19.3. The number of quaternary nitrogens is 1. The Labute approximate surface area is 331 Å². The minimum Gasteiger partial charge on any atom is -0.726 e. The average molecular weight is 831 g/mol. The van der Waals surface area contributed by atoms with Gasteiger partial charge in [-0.2, -0.15) is 0 Å². The number of hydrogen-bond donors (Lipinski definition) is 8. The molecule has 18 nitrogen and oxygen atoms in total. The molecule has 4 aliphatic rings. The van der Waals surface area contributed by atoms with E-state index >= 15 is 0 Å². The molecule has 5 rings (SSSR count). The Morgan fingerprint density at radius 1 is 1.12 bits per heavy atom. The van der Waals surface area contributed by atoms with Gasteiger partial charge in [0, 0.05) is 19.0 Å². The number of amides is 3. The predicted molar refractivity (Wildman–Crippen MR) is 199 cm³/mol. The number of nitrogens with one attached hydrogen (secondary N) is 3. The van der Waals surface area contributed by atoms with Gasteiger partial charge >= 0.3 is 0 Å². The second-order valence-corrected chi connectivity index (χ2v) is 17.0. The van der Waals surface area contributed by atoms with Crippen molar-refractivity contribution in [3.05, 3.63) is 47.5 Å². The Balaban J connectivity index is 1.34. The first kappa shape index (κ1) is 44.3. The third-order valence-corrected chi connectivity index (χ3v) is 12.3. The molecule has 3 amide bonds. The van der Waals surface area contributed by atoms with Crippen LogP contribution in [0, 0.1) is 11.8 Å². The summed E-state index contributed by atoms with van der Waals surface area (Å²) in [5.74, 6) is -2.26. The summed E-state index contributed by atoms with van der Waals surface area (Å²) in [7, 11) is -5.20. The number of nitrogens with zero attached hydrogens (tertiary/aromatic N) is 1. The molecule has 12 atom stereocenters. The Hall–Kier alpha value is -2.79. The molecule has 0 spiro atoms. The zero-order valence-electron chi connectivity index (χ0n) is 31.4. The Kier molecular flexibility index (Phi) is 15.3. The average Bonchev–Trinajstić information content (AvgIpc) is 3.78. The number of ether oxygens (including phenoxy) is 2. The van der Waals surface area contributed by atoms with E-state index in [1.165, 1.54) is 4.90 Å². The fraction of sp³-hybridized carbons (Fsp3) is 0.694. The number of rotatable bonds is 16. The molecule has 3 aliphatic heterocycles. The van der Waals surface area contributed by atoms with Crippen LogP contribution in [0.25, 0.3) is 0 Å². The van der Waals surface area contributed by atoms with E-state index in [0.717, 1.165) is 10.5 Å². The molecule has 1 aliphatic carbocycles. The normalized spacial score (nSPS) is 31.1. The number of carbonyl (C=O) groups is 3. The molecule has 20 heteroatoms. The molecule has 314 valence electrons. The standard InChI is InChI=1S/C36H55ClN6O12S/c1-19(2)28(37)29(41-33(48)26(44)14-20-6-4-3-5-7-20)34(49)43-24-16-23(54-35-31(46)30(45)27(18-53-35)55-56(50,51)52)9-8-22(24)15-25(43)32(47)40-12-10-21-11-13-42(17-21)36(38)39/h3-7,11,19,22-31,35-36,44-46H,8-10,12-18,38-39H2,1-2H3,(H,40,47)(H,41,48)(H,50,51,52)/t22-,23+,24-,25-,26+,27+,28+,29+,30-,31+,35+/m0/s1. The van der Waals surface area contributed by atoms with Crippen LogP contribution < -0.4 is 27.0 Å². The molecule has 56 heavy (non-hydrogen) atoms. The van der Waals surface area contributed by atoms with Gasteiger partial charge in [-0.25, -0.2) is 8.42 Å². The van der Waals surface area contributed by atoms with E-state index in [1.807, 2.05) is 12.1 Å². The van der Waals surface area contributed by atoms with Crippen molar-refractivity contribution in [2.24, 2.45) is 23.3 Å². The maximum absolute atomic E-state index is 14.8. The van der Waals surface area contributed by atoms with Gasteiger partial charge < -0.3 is 49.8 Å². The van der Waals surface area contributed by atoms with Crippen LogP contribution in [0.1, 0.15) is 51.5 Å². The highest BCUT2D eigenvalue weighted by molar-refractivity contribution is 7.80. The number of likely N-dealkylation sites (tertiary alicyclic amines) is 1. The SMILES string of the molecule is CC(C)[C@@H](Cl)[C@@H](NC(=O)[C@H](O)Cc1ccccc1)C(=O)N1[C@H](C(=O)NCCC2=CC[NH+](C(N)N)C2)C[C@@H]2CC[C@@H](O[C@H]3OC[C@@H](OS(=O)(=O)[O-])[C@H](O)[C@H]3O)C[C@@H]21. The van der Waals surface area contributed by atoms with E-state index < -0.39 is 95.4 Å². The van der Waals surface area contributed by atoms with Crippen LogP contribution in [-0.4, -0.2) is 144 Å². The predicted octanol–water partition coefficient (Wildman–Crippen LogP) is -3.05. The minimum atomic E-state index is -5.20. The summed E-state index contributed by atoms with van der Waals surface area (Å²) < 4.78 is 49.1. The van der Waals surface area contributed by atoms with Gasteiger partial charge in [-0.05, 0) is 61.2 Å². The molecule has 1 saturated carbocycles. The molecule has 0 aromatic heterocycles. The number of alkyl halides is 1. The molecule has 1 aromatic carbocycles. The van der Waals surface area contributed by atoms with E-state index in [0.29, 0.717) is 50.9 Å². The Bertz CT molecular complexity index is 1660. The van der Waals surface area contributed by atoms with Crippen molar-refractivity contribution in [2.75, 3.05) is 26.2 Å². The van der Waals surface area contributed by atoms with E-state index in [4.69, 9.17) is 32.5 Å². The summed E-state index contributed by atoms with van der Waals surface area (Å²) in [6.45, 7) is 4.64. The summed E-state index contributed by atoms with van der Waals surface area (Å²) in [5, 5.41) is 36.8. The second-order valence-electron chi connectivity index (χ2n) is 15.5. The van der Waals surface area contributed by atoms with Crippen LogP contribution >= 0.6 is 11.6 Å². The molecule has 0 radical (unpaired) electrons. The number of nitrogens with two attached hydrogens (primary N) is 2. The molecule has 10 N–H and O–H groups in total. The number of halogens is 1. The van der Waals surface area contributed by atoms with E-state index in [1.54, 1.807) is 38.1 Å². The molecular formula is C36H55ClN6O12S.